The summed E-state index contributed by atoms with van der Waals surface area (Å²) in [5.74, 6) is 0.846. The van der Waals surface area contributed by atoms with Crippen molar-refractivity contribution in [2.45, 2.75) is 20.3 Å². The van der Waals surface area contributed by atoms with E-state index in [1.165, 1.54) is 0 Å². The van der Waals surface area contributed by atoms with Crippen LogP contribution in [-0.4, -0.2) is 29.5 Å². The quantitative estimate of drug-likeness (QED) is 0.694. The number of nitrogens with zero attached hydrogens (tertiary/aromatic N) is 2. The molecular weight excluding hydrogens is 178 g/mol. The molecule has 0 fully saturated rings. The summed E-state index contributed by atoms with van der Waals surface area (Å²) in [6.45, 7) is 6.83. The smallest absolute Gasteiger partial charge is 0.211 e. The minimum Gasteiger partial charge on any atom is -0.478 e. The van der Waals surface area contributed by atoms with Crippen molar-refractivity contribution in [3.05, 3.63) is 11.8 Å². The van der Waals surface area contributed by atoms with Crippen LogP contribution in [0.5, 0.6) is 5.88 Å². The first kappa shape index (κ1) is 11.0. The van der Waals surface area contributed by atoms with E-state index in [2.05, 4.69) is 17.3 Å². The van der Waals surface area contributed by atoms with Gasteiger partial charge in [-0.05, 0) is 26.4 Å². The van der Waals surface area contributed by atoms with E-state index in [0.717, 1.165) is 37.7 Å². The largest absolute Gasteiger partial charge is 0.478 e. The standard InChI is InChI=1S/C10H19N3O/c1-4-11-6-5-7-14-10-8-9(2)12-13(10)3/h8,11H,4-7H2,1-3H3. The molecule has 1 heterocycles. The predicted molar refractivity (Wildman–Crippen MR) is 56.6 cm³/mol. The highest BCUT2D eigenvalue weighted by Gasteiger charge is 2.01. The van der Waals surface area contributed by atoms with Gasteiger partial charge in [-0.1, -0.05) is 6.92 Å². The molecule has 0 spiro atoms. The molecule has 0 unspecified atom stereocenters. The molecule has 0 radical (unpaired) electrons. The third-order valence-corrected chi connectivity index (χ3v) is 1.96. The summed E-state index contributed by atoms with van der Waals surface area (Å²) >= 11 is 0. The number of aryl methyl sites for hydroxylation is 2. The normalized spacial score (nSPS) is 10.5. The van der Waals surface area contributed by atoms with Gasteiger partial charge in [-0.25, -0.2) is 4.68 Å². The van der Waals surface area contributed by atoms with Gasteiger partial charge in [-0.2, -0.15) is 5.10 Å². The molecule has 80 valence electrons. The Hall–Kier alpha value is -1.03. The fraction of sp³-hybridized carbons (Fsp3) is 0.700. The zero-order valence-electron chi connectivity index (χ0n) is 9.21. The van der Waals surface area contributed by atoms with E-state index in [9.17, 15) is 0 Å². The van der Waals surface area contributed by atoms with Crippen molar-refractivity contribution >= 4 is 0 Å². The Morgan fingerprint density at radius 2 is 2.36 bits per heavy atom. The highest BCUT2D eigenvalue weighted by atomic mass is 16.5. The fourth-order valence-corrected chi connectivity index (χ4v) is 1.27. The highest BCUT2D eigenvalue weighted by Crippen LogP contribution is 2.10. The molecule has 1 N–H and O–H groups in total. The van der Waals surface area contributed by atoms with Crippen molar-refractivity contribution in [3.63, 3.8) is 0 Å². The van der Waals surface area contributed by atoms with Crippen molar-refractivity contribution in [2.75, 3.05) is 19.7 Å². The van der Waals surface area contributed by atoms with Crippen molar-refractivity contribution in [1.29, 1.82) is 0 Å². The second-order valence-electron chi connectivity index (χ2n) is 3.30. The van der Waals surface area contributed by atoms with Gasteiger partial charge in [0.05, 0.1) is 12.3 Å². The Kier molecular flexibility index (Phi) is 4.46. The zero-order chi connectivity index (χ0) is 10.4. The lowest BCUT2D eigenvalue weighted by atomic mass is 10.4. The minimum atomic E-state index is 0.742. The molecule has 0 aliphatic carbocycles. The van der Waals surface area contributed by atoms with Gasteiger partial charge in [-0.15, -0.1) is 0 Å². The van der Waals surface area contributed by atoms with Crippen LogP contribution in [0.15, 0.2) is 6.07 Å². The maximum absolute atomic E-state index is 5.56. The van der Waals surface area contributed by atoms with Gasteiger partial charge >= 0.3 is 0 Å². The molecule has 14 heavy (non-hydrogen) atoms. The molecule has 4 nitrogen and oxygen atoms in total. The van der Waals surface area contributed by atoms with Crippen molar-refractivity contribution in [3.8, 4) is 5.88 Å². The first-order valence-electron chi connectivity index (χ1n) is 5.08. The lowest BCUT2D eigenvalue weighted by Crippen LogP contribution is -2.16. The van der Waals surface area contributed by atoms with Crippen molar-refractivity contribution in [2.24, 2.45) is 7.05 Å². The van der Waals surface area contributed by atoms with Gasteiger partial charge in [0.25, 0.3) is 0 Å². The summed E-state index contributed by atoms with van der Waals surface area (Å²) in [4.78, 5) is 0. The summed E-state index contributed by atoms with van der Waals surface area (Å²) in [6, 6.07) is 1.95. The maximum Gasteiger partial charge on any atom is 0.211 e. The Bertz CT molecular complexity index is 270. The van der Waals surface area contributed by atoms with Crippen LogP contribution in [0.1, 0.15) is 19.0 Å². The molecule has 0 saturated carbocycles. The average molecular weight is 197 g/mol. The van der Waals surface area contributed by atoms with Crippen LogP contribution in [0.2, 0.25) is 0 Å². The van der Waals surface area contributed by atoms with E-state index in [-0.39, 0.29) is 0 Å². The van der Waals surface area contributed by atoms with Crippen molar-refractivity contribution in [1.82, 2.24) is 15.1 Å². The molecule has 0 aliphatic heterocycles. The molecule has 0 amide bonds. The van der Waals surface area contributed by atoms with Gasteiger partial charge < -0.3 is 10.1 Å². The monoisotopic (exact) mass is 197 g/mol. The van der Waals surface area contributed by atoms with E-state index in [1.54, 1.807) is 4.68 Å². The van der Waals surface area contributed by atoms with Crippen LogP contribution >= 0.6 is 0 Å². The Labute approximate surface area is 85.3 Å². The molecule has 1 rings (SSSR count). The van der Waals surface area contributed by atoms with Gasteiger partial charge in [0.15, 0.2) is 0 Å². The third kappa shape index (κ3) is 3.38. The Balaban J connectivity index is 2.21. The first-order valence-corrected chi connectivity index (χ1v) is 5.08. The number of nitrogens with one attached hydrogen (secondary N) is 1. The second-order valence-corrected chi connectivity index (χ2v) is 3.30. The molecule has 0 atom stereocenters. The van der Waals surface area contributed by atoms with E-state index in [1.807, 2.05) is 20.0 Å². The average Bonchev–Trinajstić information content (AvgIpc) is 2.45. The summed E-state index contributed by atoms with van der Waals surface area (Å²) in [5, 5.41) is 7.45. The van der Waals surface area contributed by atoms with E-state index in [4.69, 9.17) is 4.74 Å². The molecule has 1 aromatic rings. The summed E-state index contributed by atoms with van der Waals surface area (Å²) in [6.07, 6.45) is 1.03. The SMILES string of the molecule is CCNCCCOc1cc(C)nn1C. The molecule has 0 aliphatic rings. The number of hydrogen-bond acceptors (Lipinski definition) is 3. The topological polar surface area (TPSA) is 39.1 Å². The van der Waals surface area contributed by atoms with E-state index < -0.39 is 0 Å². The fourth-order valence-electron chi connectivity index (χ4n) is 1.27. The molecular formula is C10H19N3O. The van der Waals surface area contributed by atoms with E-state index in [0.29, 0.717) is 0 Å². The molecule has 0 aromatic carbocycles. The van der Waals surface area contributed by atoms with Gasteiger partial charge in [0, 0.05) is 13.1 Å². The van der Waals surface area contributed by atoms with E-state index >= 15 is 0 Å². The van der Waals surface area contributed by atoms with Crippen LogP contribution in [0.4, 0.5) is 0 Å². The van der Waals surface area contributed by atoms with Gasteiger partial charge in [-0.3, -0.25) is 0 Å². The van der Waals surface area contributed by atoms with Gasteiger partial charge in [0.1, 0.15) is 0 Å². The Morgan fingerprint density at radius 3 is 2.93 bits per heavy atom. The van der Waals surface area contributed by atoms with Crippen LogP contribution in [0.25, 0.3) is 0 Å². The summed E-state index contributed by atoms with van der Waals surface area (Å²) in [7, 11) is 1.90. The predicted octanol–water partition coefficient (Wildman–Crippen LogP) is 1.11. The lowest BCUT2D eigenvalue weighted by Gasteiger charge is -2.05. The second kappa shape index (κ2) is 5.65. The highest BCUT2D eigenvalue weighted by molar-refractivity contribution is 5.14. The molecule has 0 saturated heterocycles. The molecule has 1 aromatic heterocycles. The van der Waals surface area contributed by atoms with Crippen molar-refractivity contribution < 1.29 is 4.74 Å². The zero-order valence-corrected chi connectivity index (χ0v) is 9.21. The maximum atomic E-state index is 5.56. The molecule has 0 bridgehead atoms. The van der Waals surface area contributed by atoms with Crippen LogP contribution in [0, 0.1) is 6.92 Å². The number of rotatable bonds is 6. The van der Waals surface area contributed by atoms with Crippen LogP contribution in [0.3, 0.4) is 0 Å². The third-order valence-electron chi connectivity index (χ3n) is 1.96. The number of hydrogen-bond donors (Lipinski definition) is 1. The lowest BCUT2D eigenvalue weighted by molar-refractivity contribution is 0.283. The number of aromatic nitrogens is 2. The minimum absolute atomic E-state index is 0.742. The first-order chi connectivity index (χ1) is 6.74. The summed E-state index contributed by atoms with van der Waals surface area (Å²) < 4.78 is 7.33. The van der Waals surface area contributed by atoms with Crippen LogP contribution < -0.4 is 10.1 Å². The Morgan fingerprint density at radius 1 is 1.57 bits per heavy atom. The van der Waals surface area contributed by atoms with Gasteiger partial charge in [0.2, 0.25) is 5.88 Å². The molecule has 4 heteroatoms. The summed E-state index contributed by atoms with van der Waals surface area (Å²) in [5.41, 5.74) is 0.995. The van der Waals surface area contributed by atoms with Crippen LogP contribution in [-0.2, 0) is 7.05 Å². The number of ether oxygens (including phenoxy) is 1.